The molecule has 0 saturated carbocycles. The number of aromatic nitrogens is 1. The summed E-state index contributed by atoms with van der Waals surface area (Å²) in [4.78, 5) is 2.34. The number of halogens is 1. The van der Waals surface area contributed by atoms with Crippen LogP contribution in [-0.2, 0) is 0 Å². The molecule has 0 aliphatic rings. The van der Waals surface area contributed by atoms with Gasteiger partial charge in [0.2, 0.25) is 0 Å². The van der Waals surface area contributed by atoms with E-state index in [2.05, 4.69) is 165 Å². The summed E-state index contributed by atoms with van der Waals surface area (Å²) in [6, 6.07) is 49.8. The van der Waals surface area contributed by atoms with Gasteiger partial charge in [-0.2, -0.15) is 0 Å². The molecule has 0 bridgehead atoms. The molecular formula is C34H23BrN2. The fourth-order valence-corrected chi connectivity index (χ4v) is 5.70. The zero-order valence-corrected chi connectivity index (χ0v) is 21.6. The minimum atomic E-state index is 1.09. The van der Waals surface area contributed by atoms with E-state index >= 15 is 0 Å². The van der Waals surface area contributed by atoms with Gasteiger partial charge in [-0.15, -0.1) is 0 Å². The highest BCUT2D eigenvalue weighted by Crippen LogP contribution is 2.40. The smallest absolute Gasteiger partial charge is 0.0542 e. The lowest BCUT2D eigenvalue weighted by molar-refractivity contribution is 1.18. The Morgan fingerprint density at radius 2 is 1.08 bits per heavy atom. The molecule has 37 heavy (non-hydrogen) atoms. The average Bonchev–Trinajstić information content (AvgIpc) is 3.28. The highest BCUT2D eigenvalue weighted by atomic mass is 79.9. The second kappa shape index (κ2) is 8.95. The summed E-state index contributed by atoms with van der Waals surface area (Å²) in [6.45, 7) is 0. The molecule has 176 valence electrons. The van der Waals surface area contributed by atoms with E-state index < -0.39 is 0 Å². The fraction of sp³-hybridized carbons (Fsp3) is 0. The van der Waals surface area contributed by atoms with Crippen LogP contribution in [0.3, 0.4) is 0 Å². The first-order valence-electron chi connectivity index (χ1n) is 12.4. The van der Waals surface area contributed by atoms with Crippen molar-refractivity contribution in [2.24, 2.45) is 0 Å². The number of hydrogen-bond acceptors (Lipinski definition) is 1. The number of hydrogen-bond donors (Lipinski definition) is 0. The molecule has 2 nitrogen and oxygen atoms in total. The van der Waals surface area contributed by atoms with Crippen molar-refractivity contribution in [2.45, 2.75) is 0 Å². The molecule has 3 heteroatoms. The van der Waals surface area contributed by atoms with Gasteiger partial charge >= 0.3 is 0 Å². The lowest BCUT2D eigenvalue weighted by Gasteiger charge is -2.26. The minimum Gasteiger partial charge on any atom is -0.310 e. The first-order valence-corrected chi connectivity index (χ1v) is 13.2. The number of nitrogens with zero attached hydrogens (tertiary/aromatic N) is 2. The van der Waals surface area contributed by atoms with Gasteiger partial charge in [0, 0.05) is 38.0 Å². The molecule has 0 fully saturated rings. The lowest BCUT2D eigenvalue weighted by atomic mass is 10.1. The third kappa shape index (κ3) is 3.80. The minimum absolute atomic E-state index is 1.09. The normalized spacial score (nSPS) is 11.4. The van der Waals surface area contributed by atoms with Crippen LogP contribution >= 0.6 is 15.9 Å². The number of benzene rings is 6. The van der Waals surface area contributed by atoms with Crippen molar-refractivity contribution in [3.8, 4) is 5.69 Å². The molecule has 6 aromatic carbocycles. The van der Waals surface area contributed by atoms with Crippen molar-refractivity contribution < 1.29 is 0 Å². The van der Waals surface area contributed by atoms with E-state index in [1.54, 1.807) is 0 Å². The molecule has 7 rings (SSSR count). The van der Waals surface area contributed by atoms with Gasteiger partial charge in [-0.3, -0.25) is 0 Å². The SMILES string of the molecule is Brc1ccc2cc(N(c3ccccc3)c3ccc4c(c3)c3ccccc3n4-c3ccccc3)ccc2c1. The molecule has 1 heterocycles. The van der Waals surface area contributed by atoms with Crippen molar-refractivity contribution in [2.75, 3.05) is 4.90 Å². The van der Waals surface area contributed by atoms with Crippen LogP contribution in [0.4, 0.5) is 17.1 Å². The summed E-state index contributed by atoms with van der Waals surface area (Å²) in [6.07, 6.45) is 0. The molecule has 7 aromatic rings. The summed E-state index contributed by atoms with van der Waals surface area (Å²) in [5.74, 6) is 0. The van der Waals surface area contributed by atoms with Crippen molar-refractivity contribution >= 4 is 65.6 Å². The summed E-state index contributed by atoms with van der Waals surface area (Å²) in [5, 5.41) is 4.91. The van der Waals surface area contributed by atoms with E-state index in [4.69, 9.17) is 0 Å². The van der Waals surface area contributed by atoms with Gasteiger partial charge in [-0.1, -0.05) is 82.7 Å². The Labute approximate surface area is 224 Å². The predicted octanol–water partition coefficient (Wildman–Crippen LogP) is 10.2. The van der Waals surface area contributed by atoms with E-state index in [-0.39, 0.29) is 0 Å². The molecule has 0 N–H and O–H groups in total. The second-order valence-electron chi connectivity index (χ2n) is 9.24. The van der Waals surface area contributed by atoms with Crippen LogP contribution in [-0.4, -0.2) is 4.57 Å². The van der Waals surface area contributed by atoms with Gasteiger partial charge in [-0.05, 0) is 83.6 Å². The van der Waals surface area contributed by atoms with Crippen LogP contribution in [0.5, 0.6) is 0 Å². The van der Waals surface area contributed by atoms with Gasteiger partial charge in [0.05, 0.1) is 11.0 Å². The monoisotopic (exact) mass is 538 g/mol. The number of rotatable bonds is 4. The topological polar surface area (TPSA) is 8.17 Å². The predicted molar refractivity (Wildman–Crippen MR) is 161 cm³/mol. The van der Waals surface area contributed by atoms with Gasteiger partial charge in [0.1, 0.15) is 0 Å². The maximum absolute atomic E-state index is 3.60. The lowest BCUT2D eigenvalue weighted by Crippen LogP contribution is -2.09. The highest BCUT2D eigenvalue weighted by molar-refractivity contribution is 9.10. The number of anilines is 3. The zero-order valence-electron chi connectivity index (χ0n) is 20.1. The Kier molecular flexibility index (Phi) is 5.30. The summed E-state index contributed by atoms with van der Waals surface area (Å²) in [5.41, 5.74) is 6.97. The van der Waals surface area contributed by atoms with Crippen molar-refractivity contribution in [1.29, 1.82) is 0 Å². The number of para-hydroxylation sites is 3. The molecule has 0 saturated heterocycles. The average molecular weight is 539 g/mol. The summed E-state index contributed by atoms with van der Waals surface area (Å²) >= 11 is 3.60. The van der Waals surface area contributed by atoms with Crippen LogP contribution < -0.4 is 4.90 Å². The molecule has 0 aliphatic heterocycles. The third-order valence-corrected chi connectivity index (χ3v) is 7.48. The Morgan fingerprint density at radius 1 is 0.459 bits per heavy atom. The summed E-state index contributed by atoms with van der Waals surface area (Å²) in [7, 11) is 0. The van der Waals surface area contributed by atoms with Crippen molar-refractivity contribution in [3.05, 3.63) is 144 Å². The fourth-order valence-electron chi connectivity index (χ4n) is 5.32. The van der Waals surface area contributed by atoms with Gasteiger partial charge < -0.3 is 9.47 Å². The second-order valence-corrected chi connectivity index (χ2v) is 10.2. The molecular weight excluding hydrogens is 516 g/mol. The maximum atomic E-state index is 3.60. The molecule has 0 radical (unpaired) electrons. The molecule has 0 amide bonds. The molecule has 1 aromatic heterocycles. The van der Waals surface area contributed by atoms with E-state index in [0.717, 1.165) is 21.5 Å². The van der Waals surface area contributed by atoms with Crippen LogP contribution in [0.25, 0.3) is 38.3 Å². The van der Waals surface area contributed by atoms with Crippen LogP contribution in [0, 0.1) is 0 Å². The molecule has 0 unspecified atom stereocenters. The van der Waals surface area contributed by atoms with E-state index in [1.807, 2.05) is 0 Å². The van der Waals surface area contributed by atoms with Crippen LogP contribution in [0.15, 0.2) is 144 Å². The Balaban J connectivity index is 1.47. The van der Waals surface area contributed by atoms with Crippen molar-refractivity contribution in [1.82, 2.24) is 4.57 Å². The Bertz CT molecular complexity index is 1890. The van der Waals surface area contributed by atoms with Gasteiger partial charge in [-0.25, -0.2) is 0 Å². The Hall–Kier alpha value is -4.34. The molecule has 0 spiro atoms. The molecule has 0 atom stereocenters. The number of fused-ring (bicyclic) bond motifs is 4. The quantitative estimate of drug-likeness (QED) is 0.216. The zero-order chi connectivity index (χ0) is 24.8. The largest absolute Gasteiger partial charge is 0.310 e. The highest BCUT2D eigenvalue weighted by Gasteiger charge is 2.17. The van der Waals surface area contributed by atoms with Gasteiger partial charge in [0.25, 0.3) is 0 Å². The first kappa shape index (κ1) is 21.9. The van der Waals surface area contributed by atoms with E-state index in [0.29, 0.717) is 0 Å². The Morgan fingerprint density at radius 3 is 1.92 bits per heavy atom. The first-order chi connectivity index (χ1) is 18.3. The van der Waals surface area contributed by atoms with Gasteiger partial charge in [0.15, 0.2) is 0 Å². The van der Waals surface area contributed by atoms with Crippen LogP contribution in [0.1, 0.15) is 0 Å². The maximum Gasteiger partial charge on any atom is 0.0542 e. The van der Waals surface area contributed by atoms with E-state index in [1.165, 1.54) is 38.3 Å². The third-order valence-electron chi connectivity index (χ3n) is 6.99. The summed E-state index contributed by atoms with van der Waals surface area (Å²) < 4.78 is 3.45. The van der Waals surface area contributed by atoms with E-state index in [9.17, 15) is 0 Å². The van der Waals surface area contributed by atoms with Crippen molar-refractivity contribution in [3.63, 3.8) is 0 Å². The standard InChI is InChI=1S/C34H23BrN2/c35-26-17-15-25-22-29(18-16-24(25)21-26)36(27-9-3-1-4-10-27)30-19-20-34-32(23-30)31-13-7-8-14-33(31)37(34)28-11-5-2-6-12-28/h1-23H. The molecule has 0 aliphatic carbocycles. The van der Waals surface area contributed by atoms with Crippen LogP contribution in [0.2, 0.25) is 0 Å².